The van der Waals surface area contributed by atoms with Crippen LogP contribution in [0, 0.1) is 19.3 Å². The highest BCUT2D eigenvalue weighted by molar-refractivity contribution is 7.80. The number of thiol groups is 1. The molecule has 6 aromatic rings. The van der Waals surface area contributed by atoms with Crippen LogP contribution >= 0.6 is 24.0 Å². The molecule has 0 saturated carbocycles. The van der Waals surface area contributed by atoms with E-state index >= 15 is 0 Å². The Kier molecular flexibility index (Phi) is 11.5. The summed E-state index contributed by atoms with van der Waals surface area (Å²) >= 11 is 6.03. The van der Waals surface area contributed by atoms with Gasteiger partial charge in [-0.15, -0.1) is 24.0 Å². The van der Waals surface area contributed by atoms with Crippen molar-refractivity contribution >= 4 is 45.9 Å². The third-order valence-corrected chi connectivity index (χ3v) is 11.6. The summed E-state index contributed by atoms with van der Waals surface area (Å²) in [7, 11) is 2.04. The maximum Gasteiger partial charge on any atom is 0.277 e. The third kappa shape index (κ3) is 8.36. The maximum absolute atomic E-state index is 13.7. The standard InChI is InChI=1S/C40H46N10O3S2/c1-26-12-16-44-34(19-26)49-38(52)35-31(27(2)55-36(35)46-39(49)54)5-4-15-42-22-29(20-41)23-43-21-28-6-8-30(9-7-28)32-10-11-33-37(51)48(25-45-50(32)33)24-40(53)13-17-47(3)18-14-40/h6-12,16,19-20,23,25,41-43,53H,4-5,13-15,17-18,21-22,24H2,1-3H3,(H,46,54)/b29-23+,41-20?. The van der Waals surface area contributed by atoms with Gasteiger partial charge in [-0.25, -0.2) is 19.1 Å². The topological polar surface area (TPSA) is 158 Å². The highest BCUT2D eigenvalue weighted by Crippen LogP contribution is 2.30. The van der Waals surface area contributed by atoms with Crippen molar-refractivity contribution in [3.05, 3.63) is 115 Å². The predicted molar refractivity (Wildman–Crippen MR) is 221 cm³/mol. The molecule has 7 rings (SSSR count). The van der Waals surface area contributed by atoms with Crippen LogP contribution in [-0.4, -0.2) is 83.8 Å². The Morgan fingerprint density at radius 2 is 1.87 bits per heavy atom. The summed E-state index contributed by atoms with van der Waals surface area (Å²) < 4.78 is 4.66. The molecule has 0 bridgehead atoms. The van der Waals surface area contributed by atoms with E-state index in [-0.39, 0.29) is 17.7 Å². The number of hydrogen-bond acceptors (Lipinski definition) is 12. The zero-order valence-corrected chi connectivity index (χ0v) is 33.0. The molecular weight excluding hydrogens is 733 g/mol. The van der Waals surface area contributed by atoms with Crippen LogP contribution in [0.2, 0.25) is 0 Å². The quantitative estimate of drug-likeness (QED) is 0.0464. The lowest BCUT2D eigenvalue weighted by Crippen LogP contribution is -2.47. The third-order valence-electron chi connectivity index (χ3n) is 10.3. The monoisotopic (exact) mass is 778 g/mol. The number of hydrogen-bond donors (Lipinski definition) is 5. The number of benzene rings is 1. The van der Waals surface area contributed by atoms with Crippen molar-refractivity contribution in [2.24, 2.45) is 0 Å². The minimum absolute atomic E-state index is 0.156. The molecule has 286 valence electrons. The molecular formula is C40H46N10O3S2. The van der Waals surface area contributed by atoms with E-state index < -0.39 is 5.60 Å². The zero-order chi connectivity index (χ0) is 38.7. The number of nitrogens with one attached hydrogen (secondary N) is 3. The summed E-state index contributed by atoms with van der Waals surface area (Å²) in [6.45, 7) is 7.64. The number of nitrogens with zero attached hydrogens (tertiary/aromatic N) is 7. The van der Waals surface area contributed by atoms with Crippen LogP contribution in [-0.2, 0) is 19.5 Å². The molecule has 0 unspecified atom stereocenters. The van der Waals surface area contributed by atoms with Gasteiger partial charge >= 0.3 is 0 Å². The summed E-state index contributed by atoms with van der Waals surface area (Å²) in [4.78, 5) is 40.0. The lowest BCUT2D eigenvalue weighted by Gasteiger charge is -2.36. The summed E-state index contributed by atoms with van der Waals surface area (Å²) in [6, 6.07) is 15.5. The van der Waals surface area contributed by atoms with Gasteiger partial charge in [0.2, 0.25) is 0 Å². The summed E-state index contributed by atoms with van der Waals surface area (Å²) in [5.41, 5.74) is 4.87. The number of likely N-dealkylation sites (tertiary alicyclic amines) is 1. The van der Waals surface area contributed by atoms with Crippen molar-refractivity contribution in [1.29, 1.82) is 5.41 Å². The van der Waals surface area contributed by atoms with Crippen molar-refractivity contribution in [2.75, 3.05) is 33.2 Å². The SMILES string of the molecule is Cc1ccnc(-n2c(S)nc3sc(C)c(CCCNC/C(C=N)=C/NCc4ccc(-c5ccc6c(=O)n(CC7(O)CCN(C)CC7)cnn56)cc4)c3c2=O)c1. The molecule has 1 aliphatic heterocycles. The van der Waals surface area contributed by atoms with Crippen LogP contribution in [0.4, 0.5) is 0 Å². The Labute approximate surface area is 328 Å². The lowest BCUT2D eigenvalue weighted by atomic mass is 9.91. The fourth-order valence-corrected chi connectivity index (χ4v) is 8.51. The van der Waals surface area contributed by atoms with Gasteiger partial charge in [0.15, 0.2) is 5.16 Å². The molecule has 1 aliphatic rings. The van der Waals surface area contributed by atoms with Crippen molar-refractivity contribution in [3.63, 3.8) is 0 Å². The molecule has 15 heteroatoms. The zero-order valence-electron chi connectivity index (χ0n) is 31.2. The van der Waals surface area contributed by atoms with E-state index in [4.69, 9.17) is 5.41 Å². The number of rotatable bonds is 14. The second-order valence-corrected chi connectivity index (χ2v) is 16.0. The van der Waals surface area contributed by atoms with Gasteiger partial charge < -0.3 is 26.0 Å². The molecule has 0 spiro atoms. The molecule has 0 amide bonds. The predicted octanol–water partition coefficient (Wildman–Crippen LogP) is 4.53. The van der Waals surface area contributed by atoms with Gasteiger partial charge in [0, 0.05) is 55.2 Å². The van der Waals surface area contributed by atoms with E-state index in [1.165, 1.54) is 33.0 Å². The van der Waals surface area contributed by atoms with Crippen molar-refractivity contribution in [2.45, 2.75) is 63.4 Å². The minimum Gasteiger partial charge on any atom is -0.388 e. The average Bonchev–Trinajstić information content (AvgIpc) is 3.74. The first-order valence-corrected chi connectivity index (χ1v) is 19.7. The Hall–Kier alpha value is -4.93. The largest absolute Gasteiger partial charge is 0.388 e. The van der Waals surface area contributed by atoms with Gasteiger partial charge in [0.1, 0.15) is 22.5 Å². The molecule has 6 heterocycles. The van der Waals surface area contributed by atoms with Crippen LogP contribution < -0.4 is 21.8 Å². The van der Waals surface area contributed by atoms with E-state index in [1.807, 2.05) is 69.6 Å². The first-order chi connectivity index (χ1) is 26.5. The number of aryl methyl sites for hydroxylation is 3. The number of aliphatic hydroxyl groups is 1. The van der Waals surface area contributed by atoms with Crippen LogP contribution in [0.1, 0.15) is 40.8 Å². The number of piperidine rings is 1. The van der Waals surface area contributed by atoms with Crippen LogP contribution in [0.3, 0.4) is 0 Å². The molecule has 4 N–H and O–H groups in total. The van der Waals surface area contributed by atoms with Crippen LogP contribution in [0.5, 0.6) is 0 Å². The maximum atomic E-state index is 13.7. The lowest BCUT2D eigenvalue weighted by molar-refractivity contribution is -0.0299. The molecule has 1 fully saturated rings. The molecule has 1 saturated heterocycles. The Morgan fingerprint density at radius 3 is 2.62 bits per heavy atom. The minimum atomic E-state index is -0.910. The average molecular weight is 779 g/mol. The smallest absolute Gasteiger partial charge is 0.277 e. The van der Waals surface area contributed by atoms with Gasteiger partial charge in [0.25, 0.3) is 11.1 Å². The highest BCUT2D eigenvalue weighted by Gasteiger charge is 2.32. The van der Waals surface area contributed by atoms with E-state index in [1.54, 1.807) is 16.8 Å². The molecule has 0 radical (unpaired) electrons. The number of pyridine rings is 1. The molecule has 13 nitrogen and oxygen atoms in total. The van der Waals surface area contributed by atoms with E-state index in [2.05, 4.69) is 43.2 Å². The van der Waals surface area contributed by atoms with Gasteiger partial charge in [-0.1, -0.05) is 24.3 Å². The fraction of sp³-hybridized carbons (Fsp3) is 0.350. The summed E-state index contributed by atoms with van der Waals surface area (Å²) in [5.74, 6) is 0.509. The van der Waals surface area contributed by atoms with Crippen LogP contribution in [0.25, 0.3) is 32.8 Å². The van der Waals surface area contributed by atoms with Gasteiger partial charge in [0.05, 0.1) is 23.2 Å². The van der Waals surface area contributed by atoms with Crippen molar-refractivity contribution < 1.29 is 5.11 Å². The van der Waals surface area contributed by atoms with E-state index in [9.17, 15) is 14.7 Å². The van der Waals surface area contributed by atoms with Crippen molar-refractivity contribution in [1.82, 2.24) is 44.2 Å². The fourth-order valence-electron chi connectivity index (χ4n) is 7.09. The Balaban J connectivity index is 0.917. The van der Waals surface area contributed by atoms with Gasteiger partial charge in [-0.2, -0.15) is 5.10 Å². The molecule has 55 heavy (non-hydrogen) atoms. The van der Waals surface area contributed by atoms with Gasteiger partial charge in [-0.3, -0.25) is 14.2 Å². The first-order valence-electron chi connectivity index (χ1n) is 18.4. The number of aromatic nitrogens is 6. The first kappa shape index (κ1) is 38.3. The molecule has 0 atom stereocenters. The number of thiophene rings is 1. The Bertz CT molecular complexity index is 2490. The van der Waals surface area contributed by atoms with E-state index in [0.717, 1.165) is 64.3 Å². The van der Waals surface area contributed by atoms with Crippen molar-refractivity contribution in [3.8, 4) is 17.1 Å². The molecule has 0 aliphatic carbocycles. The van der Waals surface area contributed by atoms with E-state index in [0.29, 0.717) is 59.2 Å². The summed E-state index contributed by atoms with van der Waals surface area (Å²) in [5, 5.41) is 31.2. The normalized spacial score (nSPS) is 14.9. The van der Waals surface area contributed by atoms with Gasteiger partial charge in [-0.05, 0) is 99.7 Å². The summed E-state index contributed by atoms with van der Waals surface area (Å²) in [6.07, 6.45) is 9.17. The molecule has 5 aromatic heterocycles. The molecule has 1 aromatic carbocycles. The number of fused-ring (bicyclic) bond motifs is 2. The second kappa shape index (κ2) is 16.4. The highest BCUT2D eigenvalue weighted by atomic mass is 32.1. The Morgan fingerprint density at radius 1 is 1.09 bits per heavy atom. The second-order valence-electron chi connectivity index (χ2n) is 14.4. The van der Waals surface area contributed by atoms with Crippen LogP contribution in [0.15, 0.2) is 87.6 Å².